The summed E-state index contributed by atoms with van der Waals surface area (Å²) in [5, 5.41) is 6.51. The second kappa shape index (κ2) is 12.2. The van der Waals surface area contributed by atoms with Crippen molar-refractivity contribution in [1.29, 1.82) is 0 Å². The molecule has 0 fully saturated rings. The molecule has 2 rings (SSSR count). The van der Waals surface area contributed by atoms with Gasteiger partial charge in [0.15, 0.2) is 0 Å². The van der Waals surface area contributed by atoms with Crippen LogP contribution in [-0.2, 0) is 22.6 Å². The van der Waals surface area contributed by atoms with Crippen LogP contribution in [0.3, 0.4) is 0 Å². The van der Waals surface area contributed by atoms with E-state index in [0.717, 1.165) is 16.9 Å². The van der Waals surface area contributed by atoms with Crippen molar-refractivity contribution in [3.63, 3.8) is 0 Å². The molecule has 2 atom stereocenters. The third kappa shape index (κ3) is 9.96. The number of carbonyl (C=O) groups excluding carboxylic acids is 2. The van der Waals surface area contributed by atoms with Gasteiger partial charge >= 0.3 is 0 Å². The molecule has 6 nitrogen and oxygen atoms in total. The van der Waals surface area contributed by atoms with Crippen LogP contribution in [-0.4, -0.2) is 29.9 Å². The van der Waals surface area contributed by atoms with Crippen molar-refractivity contribution in [3.05, 3.63) is 72.1 Å². The fraction of sp³-hybridized carbons (Fsp3) is 0.423. The minimum atomic E-state index is -0.408. The van der Waals surface area contributed by atoms with Crippen LogP contribution in [0.25, 0.3) is 0 Å². The summed E-state index contributed by atoms with van der Waals surface area (Å²) in [6.45, 7) is 9.13. The highest BCUT2D eigenvalue weighted by Crippen LogP contribution is 2.16. The van der Waals surface area contributed by atoms with E-state index in [2.05, 4.69) is 31.4 Å². The van der Waals surface area contributed by atoms with Crippen LogP contribution in [0, 0.1) is 12.3 Å². The van der Waals surface area contributed by atoms with Crippen LogP contribution >= 0.6 is 0 Å². The predicted octanol–water partition coefficient (Wildman–Crippen LogP) is 3.40. The van der Waals surface area contributed by atoms with Crippen molar-refractivity contribution >= 4 is 11.8 Å². The topological polar surface area (TPSA) is 93.4 Å². The standard InChI is InChI=1S/C26H36N3O3/c1-19(25(27)31)10-15-24(30)29-22(17-28-26(2,3)4)16-20-11-13-23(14-12-20)32-18-21-8-6-5-7-9-21/h5-9,11-15,19,22,28H,10,16-18H2,1-4H3,(H2,27,31)(H,29,30). The zero-order valence-corrected chi connectivity index (χ0v) is 19.6. The third-order valence-electron chi connectivity index (χ3n) is 5.02. The Morgan fingerprint density at radius 3 is 2.28 bits per heavy atom. The quantitative estimate of drug-likeness (QED) is 0.473. The third-order valence-corrected chi connectivity index (χ3v) is 5.02. The molecular weight excluding hydrogens is 402 g/mol. The van der Waals surface area contributed by atoms with Crippen molar-refractivity contribution in [2.75, 3.05) is 6.54 Å². The molecule has 0 heterocycles. The van der Waals surface area contributed by atoms with E-state index < -0.39 is 5.91 Å². The summed E-state index contributed by atoms with van der Waals surface area (Å²) in [4.78, 5) is 23.6. The molecule has 2 amide bonds. The van der Waals surface area contributed by atoms with Gasteiger partial charge in [0.1, 0.15) is 12.4 Å². The van der Waals surface area contributed by atoms with Gasteiger partial charge in [-0.2, -0.15) is 0 Å². The van der Waals surface area contributed by atoms with Gasteiger partial charge in [-0.05, 0) is 56.9 Å². The highest BCUT2D eigenvalue weighted by molar-refractivity contribution is 5.86. The monoisotopic (exact) mass is 438 g/mol. The van der Waals surface area contributed by atoms with Crippen LogP contribution in [0.2, 0.25) is 0 Å². The fourth-order valence-electron chi connectivity index (χ4n) is 3.01. The molecule has 4 N–H and O–H groups in total. The van der Waals surface area contributed by atoms with Crippen LogP contribution in [0.15, 0.2) is 54.6 Å². The van der Waals surface area contributed by atoms with E-state index in [9.17, 15) is 9.59 Å². The normalized spacial score (nSPS) is 13.2. The Kier molecular flexibility index (Phi) is 9.72. The number of nitrogens with two attached hydrogens (primary N) is 1. The smallest absolute Gasteiger partial charge is 0.224 e. The molecule has 0 aliphatic carbocycles. The minimum absolute atomic E-state index is 0.0672. The van der Waals surface area contributed by atoms with E-state index >= 15 is 0 Å². The lowest BCUT2D eigenvalue weighted by Crippen LogP contribution is -2.48. The second-order valence-electron chi connectivity index (χ2n) is 9.20. The zero-order valence-electron chi connectivity index (χ0n) is 19.6. The molecule has 1 radical (unpaired) electrons. The van der Waals surface area contributed by atoms with Crippen LogP contribution < -0.4 is 21.1 Å². The molecule has 0 saturated heterocycles. The van der Waals surface area contributed by atoms with Gasteiger partial charge in [0.25, 0.3) is 0 Å². The lowest BCUT2D eigenvalue weighted by atomic mass is 10.0. The number of hydrogen-bond donors (Lipinski definition) is 3. The first-order chi connectivity index (χ1) is 15.1. The first-order valence-electron chi connectivity index (χ1n) is 11.1. The number of amides is 2. The van der Waals surface area contributed by atoms with E-state index in [1.807, 2.05) is 54.6 Å². The van der Waals surface area contributed by atoms with Gasteiger partial charge in [-0.15, -0.1) is 0 Å². The van der Waals surface area contributed by atoms with Gasteiger partial charge < -0.3 is 21.1 Å². The number of rotatable bonds is 12. The van der Waals surface area contributed by atoms with E-state index in [1.54, 1.807) is 6.92 Å². The molecule has 0 aliphatic rings. The summed E-state index contributed by atoms with van der Waals surface area (Å²) in [6.07, 6.45) is 2.50. The fourth-order valence-corrected chi connectivity index (χ4v) is 3.01. The summed E-state index contributed by atoms with van der Waals surface area (Å²) in [6, 6.07) is 17.9. The van der Waals surface area contributed by atoms with Gasteiger partial charge in [0, 0.05) is 24.0 Å². The highest BCUT2D eigenvalue weighted by atomic mass is 16.5. The van der Waals surface area contributed by atoms with Crippen LogP contribution in [0.5, 0.6) is 5.75 Å². The summed E-state index contributed by atoms with van der Waals surface area (Å²) >= 11 is 0. The largest absolute Gasteiger partial charge is 0.489 e. The molecule has 173 valence electrons. The van der Waals surface area contributed by atoms with Crippen molar-refractivity contribution in [2.45, 2.75) is 58.7 Å². The Balaban J connectivity index is 1.93. The molecule has 2 unspecified atom stereocenters. The SMILES string of the molecule is CC(C[CH]C(=O)NC(CNC(C)(C)C)Cc1ccc(OCc2ccccc2)cc1)C(N)=O. The minimum Gasteiger partial charge on any atom is -0.489 e. The van der Waals surface area contributed by atoms with Crippen molar-refractivity contribution in [3.8, 4) is 5.75 Å². The molecule has 0 aliphatic heterocycles. The lowest BCUT2D eigenvalue weighted by Gasteiger charge is -2.26. The molecular formula is C26H36N3O3. The Hall–Kier alpha value is -2.86. The van der Waals surface area contributed by atoms with E-state index in [4.69, 9.17) is 10.5 Å². The summed E-state index contributed by atoms with van der Waals surface area (Å²) in [5.74, 6) is -0.161. The Morgan fingerprint density at radius 2 is 1.69 bits per heavy atom. The molecule has 2 aromatic rings. The van der Waals surface area contributed by atoms with E-state index in [0.29, 0.717) is 26.0 Å². The molecule has 6 heteroatoms. The Bertz CT molecular complexity index is 845. The number of carbonyl (C=O) groups is 2. The lowest BCUT2D eigenvalue weighted by molar-refractivity contribution is -0.121. The number of benzene rings is 2. The first-order valence-corrected chi connectivity index (χ1v) is 11.1. The number of ether oxygens (including phenoxy) is 1. The summed E-state index contributed by atoms with van der Waals surface area (Å²) < 4.78 is 5.86. The Labute approximate surface area is 191 Å². The van der Waals surface area contributed by atoms with Crippen molar-refractivity contribution in [1.82, 2.24) is 10.6 Å². The molecule has 0 saturated carbocycles. The maximum absolute atomic E-state index is 12.4. The Morgan fingerprint density at radius 1 is 1.03 bits per heavy atom. The molecule has 32 heavy (non-hydrogen) atoms. The first kappa shape index (κ1) is 25.4. The van der Waals surface area contributed by atoms with E-state index in [-0.39, 0.29) is 23.4 Å². The average Bonchev–Trinajstić information content (AvgIpc) is 2.75. The van der Waals surface area contributed by atoms with Crippen LogP contribution in [0.1, 0.15) is 45.2 Å². The van der Waals surface area contributed by atoms with Gasteiger partial charge in [0.2, 0.25) is 11.8 Å². The van der Waals surface area contributed by atoms with Gasteiger partial charge in [0.05, 0.1) is 6.42 Å². The molecule has 0 spiro atoms. The van der Waals surface area contributed by atoms with Gasteiger partial charge in [-0.3, -0.25) is 9.59 Å². The zero-order chi connectivity index (χ0) is 23.6. The van der Waals surface area contributed by atoms with Crippen molar-refractivity contribution < 1.29 is 14.3 Å². The van der Waals surface area contributed by atoms with Gasteiger partial charge in [-0.25, -0.2) is 0 Å². The van der Waals surface area contributed by atoms with Gasteiger partial charge in [-0.1, -0.05) is 49.4 Å². The number of nitrogens with one attached hydrogen (secondary N) is 2. The van der Waals surface area contributed by atoms with Crippen molar-refractivity contribution in [2.24, 2.45) is 11.7 Å². The second-order valence-corrected chi connectivity index (χ2v) is 9.20. The van der Waals surface area contributed by atoms with E-state index in [1.165, 1.54) is 6.42 Å². The highest BCUT2D eigenvalue weighted by Gasteiger charge is 2.18. The maximum atomic E-state index is 12.4. The van der Waals surface area contributed by atoms with Crippen LogP contribution in [0.4, 0.5) is 0 Å². The predicted molar refractivity (Wildman–Crippen MR) is 128 cm³/mol. The summed E-state index contributed by atoms with van der Waals surface area (Å²) in [7, 11) is 0. The molecule has 2 aromatic carbocycles. The maximum Gasteiger partial charge on any atom is 0.224 e. The number of hydrogen-bond acceptors (Lipinski definition) is 4. The number of primary amides is 1. The molecule has 0 aromatic heterocycles. The average molecular weight is 439 g/mol. The summed E-state index contributed by atoms with van der Waals surface area (Å²) in [5.41, 5.74) is 7.43. The molecule has 0 bridgehead atoms.